The maximum absolute atomic E-state index is 12.2. The van der Waals surface area contributed by atoms with Gasteiger partial charge >= 0.3 is 6.03 Å². The van der Waals surface area contributed by atoms with Crippen molar-refractivity contribution < 1.29 is 4.79 Å². The molecule has 1 aliphatic heterocycles. The first kappa shape index (κ1) is 14.3. The van der Waals surface area contributed by atoms with E-state index in [1.807, 2.05) is 23.6 Å². The Labute approximate surface area is 105 Å². The van der Waals surface area contributed by atoms with Crippen LogP contribution in [-0.4, -0.2) is 73.1 Å². The van der Waals surface area contributed by atoms with Gasteiger partial charge in [-0.1, -0.05) is 0 Å². The van der Waals surface area contributed by atoms with Crippen LogP contribution in [0.4, 0.5) is 4.79 Å². The van der Waals surface area contributed by atoms with E-state index in [1.54, 1.807) is 0 Å². The average molecular weight is 242 g/mol. The van der Waals surface area contributed by atoms with E-state index < -0.39 is 0 Å². The monoisotopic (exact) mass is 242 g/mol. The molecule has 1 fully saturated rings. The lowest BCUT2D eigenvalue weighted by Gasteiger charge is -2.28. The summed E-state index contributed by atoms with van der Waals surface area (Å²) >= 11 is 0. The summed E-state index contributed by atoms with van der Waals surface area (Å²) < 4.78 is 0. The van der Waals surface area contributed by atoms with Crippen LogP contribution in [0.3, 0.4) is 0 Å². The van der Waals surface area contributed by atoms with Gasteiger partial charge in [0.25, 0.3) is 0 Å². The molecule has 0 aromatic carbocycles. The predicted octanol–water partition coefficient (Wildman–Crippen LogP) is 0.415. The highest BCUT2D eigenvalue weighted by molar-refractivity contribution is 5.74. The molecule has 17 heavy (non-hydrogen) atoms. The third-order valence-electron chi connectivity index (χ3n) is 3.34. The Morgan fingerprint density at radius 1 is 1.18 bits per heavy atom. The summed E-state index contributed by atoms with van der Waals surface area (Å²) in [6, 6.07) is 0.185. The van der Waals surface area contributed by atoms with E-state index in [0.717, 1.165) is 52.2 Å². The van der Waals surface area contributed by atoms with Crippen molar-refractivity contribution in [1.82, 2.24) is 14.7 Å². The van der Waals surface area contributed by atoms with Crippen LogP contribution in [0.2, 0.25) is 0 Å². The van der Waals surface area contributed by atoms with Gasteiger partial charge in [-0.15, -0.1) is 0 Å². The molecule has 0 aliphatic carbocycles. The van der Waals surface area contributed by atoms with Crippen LogP contribution in [0, 0.1) is 0 Å². The van der Waals surface area contributed by atoms with Gasteiger partial charge in [-0.25, -0.2) is 4.79 Å². The second kappa shape index (κ2) is 7.50. The fraction of sp³-hybridized carbons (Fsp3) is 0.917. The smallest absolute Gasteiger partial charge is 0.320 e. The summed E-state index contributed by atoms with van der Waals surface area (Å²) in [4.78, 5) is 18.4. The van der Waals surface area contributed by atoms with Gasteiger partial charge in [0, 0.05) is 45.8 Å². The minimum Gasteiger partial charge on any atom is -0.329 e. The maximum atomic E-state index is 12.2. The molecule has 5 heteroatoms. The van der Waals surface area contributed by atoms with Crippen LogP contribution < -0.4 is 5.73 Å². The van der Waals surface area contributed by atoms with Crippen LogP contribution in [0.5, 0.6) is 0 Å². The second-order valence-corrected chi connectivity index (χ2v) is 4.43. The Hall–Kier alpha value is -0.810. The third kappa shape index (κ3) is 4.16. The van der Waals surface area contributed by atoms with Crippen molar-refractivity contribution in [3.05, 3.63) is 0 Å². The number of urea groups is 1. The van der Waals surface area contributed by atoms with Crippen molar-refractivity contribution in [2.75, 3.05) is 52.4 Å². The predicted molar refractivity (Wildman–Crippen MR) is 70.0 cm³/mol. The highest BCUT2D eigenvalue weighted by Crippen LogP contribution is 2.06. The number of nitrogens with zero attached hydrogens (tertiary/aromatic N) is 3. The molecule has 0 bridgehead atoms. The molecule has 2 amide bonds. The molecule has 5 nitrogen and oxygen atoms in total. The molecule has 0 spiro atoms. The van der Waals surface area contributed by atoms with E-state index in [9.17, 15) is 4.79 Å². The number of hydrogen-bond acceptors (Lipinski definition) is 3. The zero-order chi connectivity index (χ0) is 12.7. The van der Waals surface area contributed by atoms with Gasteiger partial charge in [0.15, 0.2) is 0 Å². The van der Waals surface area contributed by atoms with Crippen LogP contribution in [0.25, 0.3) is 0 Å². The van der Waals surface area contributed by atoms with E-state index in [4.69, 9.17) is 5.73 Å². The largest absolute Gasteiger partial charge is 0.329 e. The van der Waals surface area contributed by atoms with Gasteiger partial charge in [-0.2, -0.15) is 0 Å². The van der Waals surface area contributed by atoms with E-state index in [1.165, 1.54) is 0 Å². The molecule has 1 aliphatic rings. The van der Waals surface area contributed by atoms with Gasteiger partial charge in [-0.3, -0.25) is 0 Å². The summed E-state index contributed by atoms with van der Waals surface area (Å²) in [5, 5.41) is 0. The lowest BCUT2D eigenvalue weighted by atomic mass is 10.4. The molecule has 1 rings (SSSR count). The van der Waals surface area contributed by atoms with E-state index in [2.05, 4.69) is 4.90 Å². The molecule has 2 N–H and O–H groups in total. The summed E-state index contributed by atoms with van der Waals surface area (Å²) in [6.45, 7) is 11.0. The molecule has 0 saturated carbocycles. The number of nitrogens with two attached hydrogens (primary N) is 1. The Morgan fingerprint density at radius 3 is 2.47 bits per heavy atom. The zero-order valence-corrected chi connectivity index (χ0v) is 11.2. The standard InChI is InChI=1S/C12H26N4O/c1-3-15(4-2)12(17)16-8-5-7-14(9-6-13)10-11-16/h3-11,13H2,1-2H3. The van der Waals surface area contributed by atoms with Crippen molar-refractivity contribution in [2.45, 2.75) is 20.3 Å². The van der Waals surface area contributed by atoms with Crippen molar-refractivity contribution in [2.24, 2.45) is 5.73 Å². The number of rotatable bonds is 4. The minimum absolute atomic E-state index is 0.185. The highest BCUT2D eigenvalue weighted by atomic mass is 16.2. The van der Waals surface area contributed by atoms with Crippen LogP contribution in [-0.2, 0) is 0 Å². The Kier molecular flexibility index (Phi) is 6.29. The molecule has 100 valence electrons. The lowest BCUT2D eigenvalue weighted by Crippen LogP contribution is -2.44. The number of amides is 2. The second-order valence-electron chi connectivity index (χ2n) is 4.43. The number of carbonyl (C=O) groups is 1. The van der Waals surface area contributed by atoms with Crippen LogP contribution >= 0.6 is 0 Å². The van der Waals surface area contributed by atoms with E-state index >= 15 is 0 Å². The van der Waals surface area contributed by atoms with Gasteiger partial charge in [0.2, 0.25) is 0 Å². The van der Waals surface area contributed by atoms with E-state index in [-0.39, 0.29) is 6.03 Å². The molecule has 1 heterocycles. The average Bonchev–Trinajstić information content (AvgIpc) is 2.57. The van der Waals surface area contributed by atoms with Gasteiger partial charge in [0.05, 0.1) is 0 Å². The maximum Gasteiger partial charge on any atom is 0.320 e. The van der Waals surface area contributed by atoms with Crippen molar-refractivity contribution in [1.29, 1.82) is 0 Å². The Balaban J connectivity index is 2.47. The van der Waals surface area contributed by atoms with Crippen LogP contribution in [0.1, 0.15) is 20.3 Å². The van der Waals surface area contributed by atoms with Crippen molar-refractivity contribution >= 4 is 6.03 Å². The molecular formula is C12H26N4O. The summed E-state index contributed by atoms with van der Waals surface area (Å²) in [5.41, 5.74) is 5.57. The van der Waals surface area contributed by atoms with Gasteiger partial charge in [0.1, 0.15) is 0 Å². The first-order valence-electron chi connectivity index (χ1n) is 6.69. The Bertz CT molecular complexity index is 231. The van der Waals surface area contributed by atoms with Crippen molar-refractivity contribution in [3.63, 3.8) is 0 Å². The summed E-state index contributed by atoms with van der Waals surface area (Å²) in [5.74, 6) is 0. The topological polar surface area (TPSA) is 52.8 Å². The molecule has 0 aromatic rings. The first-order chi connectivity index (χ1) is 8.22. The van der Waals surface area contributed by atoms with E-state index in [0.29, 0.717) is 6.54 Å². The Morgan fingerprint density at radius 2 is 1.88 bits per heavy atom. The fourth-order valence-electron chi connectivity index (χ4n) is 2.26. The molecule has 0 unspecified atom stereocenters. The zero-order valence-electron chi connectivity index (χ0n) is 11.2. The highest BCUT2D eigenvalue weighted by Gasteiger charge is 2.21. The molecular weight excluding hydrogens is 216 g/mol. The third-order valence-corrected chi connectivity index (χ3v) is 3.34. The minimum atomic E-state index is 0.185. The molecule has 0 aromatic heterocycles. The molecule has 0 radical (unpaired) electrons. The summed E-state index contributed by atoms with van der Waals surface area (Å²) in [7, 11) is 0. The lowest BCUT2D eigenvalue weighted by molar-refractivity contribution is 0.158. The van der Waals surface area contributed by atoms with Gasteiger partial charge in [-0.05, 0) is 26.8 Å². The quantitative estimate of drug-likeness (QED) is 0.777. The summed E-state index contributed by atoms with van der Waals surface area (Å²) in [6.07, 6.45) is 1.05. The molecule has 1 saturated heterocycles. The van der Waals surface area contributed by atoms with Gasteiger partial charge < -0.3 is 20.4 Å². The fourth-order valence-corrected chi connectivity index (χ4v) is 2.26. The van der Waals surface area contributed by atoms with Crippen molar-refractivity contribution in [3.8, 4) is 0 Å². The normalized spacial score (nSPS) is 17.9. The first-order valence-corrected chi connectivity index (χ1v) is 6.69. The molecule has 0 atom stereocenters. The van der Waals surface area contributed by atoms with Crippen LogP contribution in [0.15, 0.2) is 0 Å². The number of hydrogen-bond donors (Lipinski definition) is 1. The number of carbonyl (C=O) groups excluding carboxylic acids is 1. The SMILES string of the molecule is CCN(CC)C(=O)N1CCCN(CCN)CC1.